The molecule has 0 saturated carbocycles. The summed E-state index contributed by atoms with van der Waals surface area (Å²) in [6, 6.07) is 0. The van der Waals surface area contributed by atoms with E-state index in [1.54, 1.807) is 0 Å². The summed E-state index contributed by atoms with van der Waals surface area (Å²) in [6.07, 6.45) is 48.3. The zero-order chi connectivity index (χ0) is 44.0. The molecule has 0 aromatic carbocycles. The molecule has 0 bridgehead atoms. The zero-order valence-corrected chi connectivity index (χ0v) is 41.1. The third-order valence-corrected chi connectivity index (χ3v) is 12.6. The van der Waals surface area contributed by atoms with Crippen LogP contribution in [-0.4, -0.2) is 37.2 Å². The first-order valence-electron chi connectivity index (χ1n) is 26.8. The molecule has 0 saturated heterocycles. The highest BCUT2D eigenvalue weighted by Gasteiger charge is 2.19. The van der Waals surface area contributed by atoms with Gasteiger partial charge in [0, 0.05) is 19.3 Å². The van der Waals surface area contributed by atoms with Crippen molar-refractivity contribution in [3.63, 3.8) is 0 Å². The van der Waals surface area contributed by atoms with Crippen LogP contribution in [0.2, 0.25) is 0 Å². The molecule has 356 valence electrons. The van der Waals surface area contributed by atoms with Gasteiger partial charge < -0.3 is 14.2 Å². The lowest BCUT2D eigenvalue weighted by Gasteiger charge is -2.18. The van der Waals surface area contributed by atoms with E-state index in [9.17, 15) is 14.4 Å². The highest BCUT2D eigenvalue weighted by atomic mass is 16.6. The number of rotatable bonds is 48. The molecule has 0 aliphatic heterocycles. The molecular weight excluding hydrogens is 745 g/mol. The molecule has 0 radical (unpaired) electrons. The van der Waals surface area contributed by atoms with Crippen molar-refractivity contribution in [2.24, 2.45) is 11.8 Å². The van der Waals surface area contributed by atoms with Crippen LogP contribution in [0.3, 0.4) is 0 Å². The summed E-state index contributed by atoms with van der Waals surface area (Å²) in [4.78, 5) is 37.7. The molecule has 0 N–H and O–H groups in total. The lowest BCUT2D eigenvalue weighted by atomic mass is 9.99. The second-order valence-electron chi connectivity index (χ2n) is 19.2. The van der Waals surface area contributed by atoms with E-state index >= 15 is 0 Å². The number of hydrogen-bond donors (Lipinski definition) is 0. The number of hydrogen-bond acceptors (Lipinski definition) is 6. The van der Waals surface area contributed by atoms with E-state index in [1.807, 2.05) is 0 Å². The highest BCUT2D eigenvalue weighted by molar-refractivity contribution is 5.71. The Morgan fingerprint density at radius 2 is 0.633 bits per heavy atom. The summed E-state index contributed by atoms with van der Waals surface area (Å²) in [5.74, 6) is 0.888. The predicted octanol–water partition coefficient (Wildman–Crippen LogP) is 17.3. The first-order chi connectivity index (χ1) is 29.3. The van der Waals surface area contributed by atoms with Crippen molar-refractivity contribution in [2.75, 3.05) is 13.2 Å². The first-order valence-corrected chi connectivity index (χ1v) is 26.8. The van der Waals surface area contributed by atoms with E-state index in [4.69, 9.17) is 14.2 Å². The Labute approximate surface area is 374 Å². The van der Waals surface area contributed by atoms with Gasteiger partial charge in [-0.1, -0.05) is 259 Å². The normalized spacial score (nSPS) is 12.5. The number of carbonyl (C=O) groups excluding carboxylic acids is 3. The van der Waals surface area contributed by atoms with E-state index in [0.29, 0.717) is 19.3 Å². The van der Waals surface area contributed by atoms with Crippen LogP contribution >= 0.6 is 0 Å². The number of carbonyl (C=O) groups is 3. The van der Waals surface area contributed by atoms with Gasteiger partial charge in [0.25, 0.3) is 0 Å². The van der Waals surface area contributed by atoms with Crippen LogP contribution in [-0.2, 0) is 28.6 Å². The largest absolute Gasteiger partial charge is 0.462 e. The molecular formula is C54H104O6. The number of unbranched alkanes of at least 4 members (excludes halogenated alkanes) is 32. The fraction of sp³-hybridized carbons (Fsp3) is 0.944. The fourth-order valence-corrected chi connectivity index (χ4v) is 8.13. The standard InChI is InChI=1S/C54H104O6/c1-6-8-9-32-39-44-52(55)58-47-51(60-54(57)46-41-36-31-27-23-19-15-14-17-21-25-29-34-38-43-50(5)7-2)48-59-53(56)45-40-35-30-26-22-18-13-11-10-12-16-20-24-28-33-37-42-49(3)4/h49-51H,6-48H2,1-5H3/t50?,51-/m0/s1. The van der Waals surface area contributed by atoms with Gasteiger partial charge in [-0.15, -0.1) is 0 Å². The minimum atomic E-state index is -0.760. The lowest BCUT2D eigenvalue weighted by Crippen LogP contribution is -2.30. The topological polar surface area (TPSA) is 78.9 Å². The van der Waals surface area contributed by atoms with E-state index in [-0.39, 0.29) is 31.1 Å². The van der Waals surface area contributed by atoms with Crippen molar-refractivity contribution in [1.82, 2.24) is 0 Å². The Bertz CT molecular complexity index is 918. The van der Waals surface area contributed by atoms with E-state index in [0.717, 1.165) is 76.0 Å². The van der Waals surface area contributed by atoms with Crippen LogP contribution in [0.4, 0.5) is 0 Å². The highest BCUT2D eigenvalue weighted by Crippen LogP contribution is 2.18. The Kier molecular flexibility index (Phi) is 45.7. The maximum atomic E-state index is 12.7. The Morgan fingerprint density at radius 1 is 0.350 bits per heavy atom. The van der Waals surface area contributed by atoms with Gasteiger partial charge in [0.05, 0.1) is 0 Å². The second kappa shape index (κ2) is 46.9. The van der Waals surface area contributed by atoms with Crippen LogP contribution in [0.5, 0.6) is 0 Å². The molecule has 0 spiro atoms. The molecule has 0 fully saturated rings. The number of ether oxygens (including phenoxy) is 3. The van der Waals surface area contributed by atoms with E-state index < -0.39 is 6.10 Å². The van der Waals surface area contributed by atoms with E-state index in [2.05, 4.69) is 34.6 Å². The molecule has 0 rings (SSSR count). The van der Waals surface area contributed by atoms with Gasteiger partial charge in [-0.05, 0) is 31.1 Å². The van der Waals surface area contributed by atoms with Gasteiger partial charge in [0.2, 0.25) is 0 Å². The number of esters is 3. The predicted molar refractivity (Wildman–Crippen MR) is 256 cm³/mol. The Balaban J connectivity index is 4.08. The average molecular weight is 849 g/mol. The smallest absolute Gasteiger partial charge is 0.306 e. The summed E-state index contributed by atoms with van der Waals surface area (Å²) in [5, 5.41) is 0. The molecule has 0 aliphatic rings. The SMILES string of the molecule is CCCCCCCC(=O)OC[C@@H](COC(=O)CCCCCCCCCCCCCCCCCCC(C)C)OC(=O)CCCCCCCCCCCCCCCCC(C)CC. The van der Waals surface area contributed by atoms with Crippen molar-refractivity contribution in [1.29, 1.82) is 0 Å². The summed E-state index contributed by atoms with van der Waals surface area (Å²) >= 11 is 0. The van der Waals surface area contributed by atoms with Crippen molar-refractivity contribution in [2.45, 2.75) is 304 Å². The summed E-state index contributed by atoms with van der Waals surface area (Å²) < 4.78 is 16.7. The Morgan fingerprint density at radius 3 is 0.950 bits per heavy atom. The summed E-state index contributed by atoms with van der Waals surface area (Å²) in [5.41, 5.74) is 0. The van der Waals surface area contributed by atoms with Gasteiger partial charge >= 0.3 is 17.9 Å². The average Bonchev–Trinajstić information content (AvgIpc) is 3.23. The van der Waals surface area contributed by atoms with Crippen molar-refractivity contribution in [3.8, 4) is 0 Å². The molecule has 0 aliphatic carbocycles. The second-order valence-corrected chi connectivity index (χ2v) is 19.2. The van der Waals surface area contributed by atoms with Gasteiger partial charge in [0.1, 0.15) is 13.2 Å². The summed E-state index contributed by atoms with van der Waals surface area (Å²) in [6.45, 7) is 11.4. The third-order valence-electron chi connectivity index (χ3n) is 12.6. The van der Waals surface area contributed by atoms with Crippen molar-refractivity contribution >= 4 is 17.9 Å². The Hall–Kier alpha value is -1.59. The zero-order valence-electron chi connectivity index (χ0n) is 41.1. The molecule has 60 heavy (non-hydrogen) atoms. The molecule has 1 unspecified atom stereocenters. The molecule has 6 nitrogen and oxygen atoms in total. The minimum Gasteiger partial charge on any atom is -0.462 e. The van der Waals surface area contributed by atoms with E-state index in [1.165, 1.54) is 180 Å². The molecule has 6 heteroatoms. The van der Waals surface area contributed by atoms with Crippen LogP contribution in [0.15, 0.2) is 0 Å². The van der Waals surface area contributed by atoms with Crippen LogP contribution in [0.25, 0.3) is 0 Å². The molecule has 0 aromatic rings. The lowest BCUT2D eigenvalue weighted by molar-refractivity contribution is -0.167. The maximum Gasteiger partial charge on any atom is 0.306 e. The summed E-state index contributed by atoms with van der Waals surface area (Å²) in [7, 11) is 0. The van der Waals surface area contributed by atoms with Gasteiger partial charge in [-0.3, -0.25) is 14.4 Å². The molecule has 0 heterocycles. The molecule has 0 amide bonds. The van der Waals surface area contributed by atoms with Gasteiger partial charge in [-0.25, -0.2) is 0 Å². The monoisotopic (exact) mass is 849 g/mol. The molecule has 0 aromatic heterocycles. The van der Waals surface area contributed by atoms with Crippen molar-refractivity contribution < 1.29 is 28.6 Å². The quantitative estimate of drug-likeness (QED) is 0.0345. The van der Waals surface area contributed by atoms with Gasteiger partial charge in [0.15, 0.2) is 6.10 Å². The maximum absolute atomic E-state index is 12.7. The third kappa shape index (κ3) is 45.9. The minimum absolute atomic E-state index is 0.0643. The van der Waals surface area contributed by atoms with Crippen LogP contribution in [0, 0.1) is 11.8 Å². The first kappa shape index (κ1) is 58.4. The van der Waals surface area contributed by atoms with Crippen LogP contribution < -0.4 is 0 Å². The van der Waals surface area contributed by atoms with Crippen LogP contribution in [0.1, 0.15) is 298 Å². The fourth-order valence-electron chi connectivity index (χ4n) is 8.13. The van der Waals surface area contributed by atoms with Crippen molar-refractivity contribution in [3.05, 3.63) is 0 Å². The molecule has 2 atom stereocenters. The van der Waals surface area contributed by atoms with Gasteiger partial charge in [-0.2, -0.15) is 0 Å².